The van der Waals surface area contributed by atoms with E-state index in [9.17, 15) is 22.8 Å². The maximum Gasteiger partial charge on any atom is 0.416 e. The first kappa shape index (κ1) is 19.9. The summed E-state index contributed by atoms with van der Waals surface area (Å²) >= 11 is 5.83. The number of carbonyl (C=O) groups is 2. The number of amides is 2. The number of halogens is 4. The Balaban J connectivity index is 1.57. The third-order valence-corrected chi connectivity index (χ3v) is 4.51. The van der Waals surface area contributed by atoms with Crippen LogP contribution in [0.3, 0.4) is 0 Å². The van der Waals surface area contributed by atoms with Gasteiger partial charge in [0.25, 0.3) is 0 Å². The average Bonchev–Trinajstić information content (AvgIpc) is 3.04. The number of hydrazone groups is 1. The fourth-order valence-corrected chi connectivity index (χ4v) is 2.90. The zero-order valence-corrected chi connectivity index (χ0v) is 15.2. The summed E-state index contributed by atoms with van der Waals surface area (Å²) in [6.07, 6.45) is -3.12. The van der Waals surface area contributed by atoms with Crippen LogP contribution >= 0.6 is 11.6 Å². The molecule has 0 aromatic heterocycles. The van der Waals surface area contributed by atoms with Crippen LogP contribution in [-0.2, 0) is 15.8 Å². The maximum absolute atomic E-state index is 12.5. The summed E-state index contributed by atoms with van der Waals surface area (Å²) in [6, 6.07) is 11.1. The minimum Gasteiger partial charge on any atom is -0.312 e. The Hall–Kier alpha value is -2.87. The van der Waals surface area contributed by atoms with Gasteiger partial charge in [-0.25, -0.2) is 5.43 Å². The van der Waals surface area contributed by atoms with Gasteiger partial charge in [0.05, 0.1) is 17.7 Å². The van der Waals surface area contributed by atoms with E-state index in [4.69, 9.17) is 11.6 Å². The highest BCUT2D eigenvalue weighted by Crippen LogP contribution is 2.29. The van der Waals surface area contributed by atoms with Crippen LogP contribution in [0.25, 0.3) is 0 Å². The van der Waals surface area contributed by atoms with Gasteiger partial charge in [-0.1, -0.05) is 23.7 Å². The third kappa shape index (κ3) is 4.69. The second kappa shape index (κ2) is 8.02. The van der Waals surface area contributed by atoms with Crippen LogP contribution in [0, 0.1) is 5.92 Å². The van der Waals surface area contributed by atoms with Crippen LogP contribution < -0.4 is 10.3 Å². The molecule has 5 nitrogen and oxygen atoms in total. The quantitative estimate of drug-likeness (QED) is 0.615. The van der Waals surface area contributed by atoms with Crippen LogP contribution in [0.5, 0.6) is 0 Å². The monoisotopic (exact) mass is 409 g/mol. The van der Waals surface area contributed by atoms with Gasteiger partial charge in [-0.2, -0.15) is 18.3 Å². The summed E-state index contributed by atoms with van der Waals surface area (Å²) in [4.78, 5) is 25.9. The average molecular weight is 410 g/mol. The molecule has 1 heterocycles. The summed E-state index contributed by atoms with van der Waals surface area (Å²) in [5.74, 6) is -1.20. The molecule has 1 fully saturated rings. The van der Waals surface area contributed by atoms with Crippen molar-refractivity contribution in [3.63, 3.8) is 0 Å². The number of nitrogens with zero attached hydrogens (tertiary/aromatic N) is 2. The molecule has 0 saturated carbocycles. The molecule has 2 aromatic rings. The lowest BCUT2D eigenvalue weighted by Crippen LogP contribution is -2.30. The predicted molar refractivity (Wildman–Crippen MR) is 99.1 cm³/mol. The zero-order chi connectivity index (χ0) is 20.3. The van der Waals surface area contributed by atoms with E-state index in [0.717, 1.165) is 12.1 Å². The van der Waals surface area contributed by atoms with E-state index >= 15 is 0 Å². The second-order valence-corrected chi connectivity index (χ2v) is 6.67. The Morgan fingerprint density at radius 3 is 2.39 bits per heavy atom. The molecule has 0 aliphatic carbocycles. The molecule has 0 unspecified atom stereocenters. The SMILES string of the molecule is O=C(N/N=C\c1ccc(C(F)(F)F)cc1)[C@H]1CC(=O)N(c2ccc(Cl)cc2)C1. The molecule has 146 valence electrons. The first-order valence-electron chi connectivity index (χ1n) is 8.30. The van der Waals surface area contributed by atoms with Gasteiger partial charge < -0.3 is 4.90 Å². The number of hydrogen-bond acceptors (Lipinski definition) is 3. The molecule has 1 saturated heterocycles. The molecule has 0 spiro atoms. The Kier molecular flexibility index (Phi) is 5.69. The number of alkyl halides is 3. The van der Waals surface area contributed by atoms with Gasteiger partial charge in [-0.05, 0) is 42.0 Å². The lowest BCUT2D eigenvalue weighted by Gasteiger charge is -2.16. The fourth-order valence-electron chi connectivity index (χ4n) is 2.77. The summed E-state index contributed by atoms with van der Waals surface area (Å²) < 4.78 is 37.6. The van der Waals surface area contributed by atoms with Crippen molar-refractivity contribution in [1.82, 2.24) is 5.43 Å². The van der Waals surface area contributed by atoms with Gasteiger partial charge in [0.15, 0.2) is 0 Å². The first-order chi connectivity index (χ1) is 13.2. The van der Waals surface area contributed by atoms with Crippen LogP contribution in [0.1, 0.15) is 17.5 Å². The summed E-state index contributed by atoms with van der Waals surface area (Å²) in [5, 5.41) is 4.30. The van der Waals surface area contributed by atoms with E-state index in [1.54, 1.807) is 24.3 Å². The molecule has 28 heavy (non-hydrogen) atoms. The van der Waals surface area contributed by atoms with Crippen molar-refractivity contribution in [2.45, 2.75) is 12.6 Å². The minimum atomic E-state index is -4.41. The van der Waals surface area contributed by atoms with Crippen LogP contribution in [-0.4, -0.2) is 24.6 Å². The molecule has 9 heteroatoms. The highest BCUT2D eigenvalue weighted by atomic mass is 35.5. The third-order valence-electron chi connectivity index (χ3n) is 4.26. The fraction of sp³-hybridized carbons (Fsp3) is 0.211. The van der Waals surface area contributed by atoms with E-state index in [1.165, 1.54) is 23.2 Å². The van der Waals surface area contributed by atoms with Crippen molar-refractivity contribution >= 4 is 35.3 Å². The summed E-state index contributed by atoms with van der Waals surface area (Å²) in [7, 11) is 0. The summed E-state index contributed by atoms with van der Waals surface area (Å²) in [6.45, 7) is 0.210. The minimum absolute atomic E-state index is 0.0459. The molecule has 3 rings (SSSR count). The van der Waals surface area contributed by atoms with Crippen molar-refractivity contribution in [3.05, 3.63) is 64.7 Å². The normalized spacial score (nSPS) is 17.4. The first-order valence-corrected chi connectivity index (χ1v) is 8.68. The molecular formula is C19H15ClF3N3O2. The lowest BCUT2D eigenvalue weighted by molar-refractivity contribution is -0.137. The summed E-state index contributed by atoms with van der Waals surface area (Å²) in [5.41, 5.74) is 2.62. The molecule has 0 radical (unpaired) electrons. The second-order valence-electron chi connectivity index (χ2n) is 6.24. The largest absolute Gasteiger partial charge is 0.416 e. The predicted octanol–water partition coefficient (Wildman–Crippen LogP) is 3.86. The van der Waals surface area contributed by atoms with E-state index in [-0.39, 0.29) is 18.9 Å². The Morgan fingerprint density at radius 1 is 1.14 bits per heavy atom. The smallest absolute Gasteiger partial charge is 0.312 e. The Labute approximate surface area is 163 Å². The van der Waals surface area contributed by atoms with Gasteiger partial charge in [0.2, 0.25) is 11.8 Å². The van der Waals surface area contributed by atoms with Gasteiger partial charge in [0, 0.05) is 23.7 Å². The van der Waals surface area contributed by atoms with E-state index in [1.807, 2.05) is 0 Å². The number of hydrogen-bond donors (Lipinski definition) is 1. The zero-order valence-electron chi connectivity index (χ0n) is 14.4. The van der Waals surface area contributed by atoms with Crippen molar-refractivity contribution in [1.29, 1.82) is 0 Å². The standard InChI is InChI=1S/C19H15ClF3N3O2/c20-15-5-7-16(8-6-15)26-11-13(9-17(26)27)18(28)25-24-10-12-1-3-14(4-2-12)19(21,22)23/h1-8,10,13H,9,11H2,(H,25,28)/b24-10-/t13-/m0/s1. The van der Waals surface area contributed by atoms with Gasteiger partial charge in [-0.3, -0.25) is 9.59 Å². The number of benzene rings is 2. The molecule has 1 atom stereocenters. The van der Waals surface area contributed by atoms with Crippen LogP contribution in [0.4, 0.5) is 18.9 Å². The Bertz CT molecular complexity index is 896. The molecule has 2 amide bonds. The van der Waals surface area contributed by atoms with Crippen molar-refractivity contribution in [2.24, 2.45) is 11.0 Å². The van der Waals surface area contributed by atoms with E-state index in [0.29, 0.717) is 16.3 Å². The van der Waals surface area contributed by atoms with Crippen molar-refractivity contribution in [2.75, 3.05) is 11.4 Å². The van der Waals surface area contributed by atoms with Gasteiger partial charge in [-0.15, -0.1) is 0 Å². The molecule has 0 bridgehead atoms. The molecule has 1 N–H and O–H groups in total. The van der Waals surface area contributed by atoms with Crippen LogP contribution in [0.15, 0.2) is 53.6 Å². The Morgan fingerprint density at radius 2 is 1.79 bits per heavy atom. The van der Waals surface area contributed by atoms with Crippen LogP contribution in [0.2, 0.25) is 5.02 Å². The molecule has 1 aliphatic rings. The lowest BCUT2D eigenvalue weighted by atomic mass is 10.1. The molecular weight excluding hydrogens is 395 g/mol. The van der Waals surface area contributed by atoms with Crippen molar-refractivity contribution in [3.8, 4) is 0 Å². The number of anilines is 1. The highest BCUT2D eigenvalue weighted by molar-refractivity contribution is 6.30. The molecule has 2 aromatic carbocycles. The topological polar surface area (TPSA) is 61.8 Å². The van der Waals surface area contributed by atoms with Gasteiger partial charge in [0.1, 0.15) is 0 Å². The van der Waals surface area contributed by atoms with Gasteiger partial charge >= 0.3 is 6.18 Å². The number of nitrogens with one attached hydrogen (secondary N) is 1. The highest BCUT2D eigenvalue weighted by Gasteiger charge is 2.35. The van der Waals surface area contributed by atoms with E-state index < -0.39 is 23.6 Å². The van der Waals surface area contributed by atoms with E-state index in [2.05, 4.69) is 10.5 Å². The number of carbonyl (C=O) groups excluding carboxylic acids is 2. The molecule has 1 aliphatic heterocycles. The van der Waals surface area contributed by atoms with Crippen molar-refractivity contribution < 1.29 is 22.8 Å². The maximum atomic E-state index is 12.5. The number of rotatable bonds is 4.